The maximum atomic E-state index is 10.2. The van der Waals surface area contributed by atoms with Crippen molar-refractivity contribution in [2.24, 2.45) is 11.5 Å². The van der Waals surface area contributed by atoms with E-state index >= 15 is 0 Å². The molecule has 21 heavy (non-hydrogen) atoms. The van der Waals surface area contributed by atoms with Gasteiger partial charge >= 0.3 is 11.9 Å². The van der Waals surface area contributed by atoms with Gasteiger partial charge in [-0.3, -0.25) is 9.59 Å². The maximum absolute atomic E-state index is 10.2. The fourth-order valence-corrected chi connectivity index (χ4v) is 1.76. The van der Waals surface area contributed by atoms with Crippen molar-refractivity contribution in [3.8, 4) is 0 Å². The van der Waals surface area contributed by atoms with Crippen LogP contribution < -0.4 is 11.5 Å². The molecular weight excluding hydrogens is 274 g/mol. The maximum Gasteiger partial charge on any atom is 0.321 e. The second kappa shape index (κ2) is 8.03. The lowest BCUT2D eigenvalue weighted by molar-refractivity contribution is -0.144. The van der Waals surface area contributed by atoms with Gasteiger partial charge in [0.25, 0.3) is 1.43 Å². The van der Waals surface area contributed by atoms with Crippen LogP contribution in [0.3, 0.4) is 0 Å². The number of carboxylic acid groups (broad SMARTS) is 2. The molecule has 0 aliphatic heterocycles. The van der Waals surface area contributed by atoms with Crippen LogP contribution in [0.1, 0.15) is 12.0 Å². The van der Waals surface area contributed by atoms with Crippen LogP contribution in [-0.4, -0.2) is 39.7 Å². The van der Waals surface area contributed by atoms with Gasteiger partial charge in [0.15, 0.2) is 0 Å². The Morgan fingerprint density at radius 3 is 2.71 bits per heavy atom. The van der Waals surface area contributed by atoms with Crippen molar-refractivity contribution in [2.45, 2.75) is 18.9 Å². The molecule has 7 heteroatoms. The molecular formula is C14H19N3O4. The molecule has 1 atom stereocenters. The van der Waals surface area contributed by atoms with E-state index in [1.807, 2.05) is 12.3 Å². The van der Waals surface area contributed by atoms with Crippen LogP contribution >= 0.6 is 0 Å². The Morgan fingerprint density at radius 1 is 1.38 bits per heavy atom. The molecule has 0 bridgehead atoms. The topological polar surface area (TPSA) is 142 Å². The van der Waals surface area contributed by atoms with Crippen LogP contribution in [0.5, 0.6) is 0 Å². The fraction of sp³-hybridized carbons (Fsp3) is 0.286. The zero-order valence-electron chi connectivity index (χ0n) is 12.4. The summed E-state index contributed by atoms with van der Waals surface area (Å²) in [7, 11) is 0. The summed E-state index contributed by atoms with van der Waals surface area (Å²) in [5.74, 6) is -2.24. The number of H-pyrrole nitrogens is 1. The normalized spacial score (nSPS) is 12.0. The minimum atomic E-state index is -1.29. The summed E-state index contributed by atoms with van der Waals surface area (Å²) < 4.78 is 6.04. The lowest BCUT2D eigenvalue weighted by atomic mass is 10.1. The highest BCUT2D eigenvalue weighted by atomic mass is 16.4. The quantitative estimate of drug-likeness (QED) is 0.544. The summed E-state index contributed by atoms with van der Waals surface area (Å²) in [6.45, 7) is 0.710. The second-order valence-corrected chi connectivity index (χ2v) is 4.42. The summed E-state index contributed by atoms with van der Waals surface area (Å²) in [4.78, 5) is 23.3. The highest BCUT2D eigenvalue weighted by Gasteiger charge is 2.14. The van der Waals surface area contributed by atoms with E-state index in [2.05, 4.69) is 28.3 Å². The predicted octanol–water partition coefficient (Wildman–Crippen LogP) is 0.542. The molecule has 0 aliphatic rings. The van der Waals surface area contributed by atoms with Crippen molar-refractivity contribution in [3.05, 3.63) is 36.0 Å². The van der Waals surface area contributed by atoms with Crippen LogP contribution in [0.15, 0.2) is 30.5 Å². The molecule has 2 rings (SSSR count). The van der Waals surface area contributed by atoms with Gasteiger partial charge in [-0.25, -0.2) is 0 Å². The second-order valence-electron chi connectivity index (χ2n) is 4.42. The minimum absolute atomic E-state index is 0.473. The van der Waals surface area contributed by atoms with Crippen molar-refractivity contribution >= 4 is 22.8 Å². The molecule has 7 nitrogen and oxygen atoms in total. The molecule has 0 fully saturated rings. The first-order chi connectivity index (χ1) is 10.5. The number of aromatic amines is 1. The first-order valence-corrected chi connectivity index (χ1v) is 6.39. The number of hydrogen-bond donors (Lipinski definition) is 5. The molecule has 1 heterocycles. The Hall–Kier alpha value is -2.38. The molecule has 1 aromatic carbocycles. The lowest BCUT2D eigenvalue weighted by Crippen LogP contribution is -2.32. The van der Waals surface area contributed by atoms with E-state index in [0.29, 0.717) is 6.54 Å². The number of carbonyl (C=O) groups is 2. The van der Waals surface area contributed by atoms with Gasteiger partial charge in [0.05, 0.1) is 6.42 Å². The van der Waals surface area contributed by atoms with Crippen LogP contribution in [0.25, 0.3) is 12.3 Å². The molecule has 1 aromatic heterocycles. The van der Waals surface area contributed by atoms with Crippen molar-refractivity contribution < 1.29 is 19.8 Å². The van der Waals surface area contributed by atoms with Crippen LogP contribution in [0.4, 0.5) is 0 Å². The summed E-state index contributed by atoms with van der Waals surface area (Å²) in [6.07, 6.45) is 2.51. The number of aliphatic carboxylic acids is 2. The number of hydrogen-bond acceptors (Lipinski definition) is 5. The molecule has 0 aliphatic carbocycles. The van der Waals surface area contributed by atoms with Gasteiger partial charge in [-0.1, -0.05) is 18.2 Å². The van der Waals surface area contributed by atoms with Crippen LogP contribution in [-0.2, 0) is 16.0 Å². The first kappa shape index (κ1) is 15.0. The molecule has 0 spiro atoms. The van der Waals surface area contributed by atoms with E-state index in [-0.39, 0.29) is 0 Å². The van der Waals surface area contributed by atoms with E-state index < -0.39 is 24.4 Å². The predicted molar refractivity (Wildman–Crippen MR) is 78.9 cm³/mol. The third kappa shape index (κ3) is 5.25. The zero-order chi connectivity index (χ0) is 16.5. The average molecular weight is 294 g/mol. The molecule has 114 valence electrons. The monoisotopic (exact) mass is 294 g/mol. The van der Waals surface area contributed by atoms with Gasteiger partial charge in [-0.05, 0) is 24.6 Å². The third-order valence-electron chi connectivity index (χ3n) is 2.79. The van der Waals surface area contributed by atoms with Gasteiger partial charge in [-0.2, -0.15) is 0 Å². The Bertz CT molecular complexity index is 629. The first-order valence-electron chi connectivity index (χ1n) is 6.79. The van der Waals surface area contributed by atoms with Crippen LogP contribution in [0.2, 0.25) is 0 Å². The average Bonchev–Trinajstić information content (AvgIpc) is 2.91. The number of para-hydroxylation sites is 1. The Kier molecular flexibility index (Phi) is 5.74. The molecule has 7 N–H and O–H groups in total. The Morgan fingerprint density at radius 2 is 2.10 bits per heavy atom. The molecule has 0 radical (unpaired) electrons. The summed E-state index contributed by atoms with van der Waals surface area (Å²) in [6, 6.07) is 7.01. The standard InChI is InChI=1S/C10H12N2.C4H7NO4/c11-6-5-8-7-12-10-4-2-1-3-9(8)10;5-2(4(8)9)1-3(6)7/h1-4,7,12H,5-6,11H2;2H,1,5H2,(H,6,7)(H,8,9)/t;2-/m.1/s1/i/hD. The molecule has 0 saturated carbocycles. The summed E-state index contributed by atoms with van der Waals surface area (Å²) in [5.41, 5.74) is 12.9. The zero-order valence-corrected chi connectivity index (χ0v) is 11.4. The summed E-state index contributed by atoms with van der Waals surface area (Å²) >= 11 is 0. The molecule has 2 aromatic rings. The molecule has 0 saturated heterocycles. The van der Waals surface area contributed by atoms with Crippen LogP contribution in [0, 0.1) is 0 Å². The van der Waals surface area contributed by atoms with Crippen molar-refractivity contribution in [1.29, 1.82) is 1.43 Å². The lowest BCUT2D eigenvalue weighted by Gasteiger charge is -1.99. The minimum Gasteiger partial charge on any atom is -0.481 e. The van der Waals surface area contributed by atoms with Gasteiger partial charge in [0.2, 0.25) is 0 Å². The van der Waals surface area contributed by atoms with Gasteiger partial charge in [-0.15, -0.1) is 0 Å². The Labute approximate surface area is 123 Å². The van der Waals surface area contributed by atoms with E-state index in [1.165, 1.54) is 16.5 Å². The SMILES string of the molecule is NCCc1c[nH]c2ccccc12.[2H]OC(=O)C[C@@H](N)C(=O)O. The number of fused-ring (bicyclic) bond motifs is 1. The van der Waals surface area contributed by atoms with E-state index in [9.17, 15) is 9.59 Å². The van der Waals surface area contributed by atoms with Crippen molar-refractivity contribution in [2.75, 3.05) is 6.54 Å². The largest absolute Gasteiger partial charge is 0.481 e. The number of rotatable bonds is 5. The fourth-order valence-electron chi connectivity index (χ4n) is 1.76. The van der Waals surface area contributed by atoms with Crippen molar-refractivity contribution in [1.82, 2.24) is 4.98 Å². The highest BCUT2D eigenvalue weighted by molar-refractivity contribution is 5.83. The van der Waals surface area contributed by atoms with E-state index in [1.54, 1.807) is 0 Å². The van der Waals surface area contributed by atoms with Crippen molar-refractivity contribution in [3.63, 3.8) is 0 Å². The van der Waals surface area contributed by atoms with Gasteiger partial charge < -0.3 is 26.7 Å². The van der Waals surface area contributed by atoms with Gasteiger partial charge in [0.1, 0.15) is 6.04 Å². The smallest absolute Gasteiger partial charge is 0.321 e. The van der Waals surface area contributed by atoms with Gasteiger partial charge in [0, 0.05) is 17.1 Å². The summed E-state index contributed by atoms with van der Waals surface area (Å²) in [5, 5.41) is 12.9. The number of nitrogens with one attached hydrogen (secondary N) is 1. The third-order valence-corrected chi connectivity index (χ3v) is 2.79. The number of carboxylic acids is 2. The number of benzene rings is 1. The van der Waals surface area contributed by atoms with E-state index in [0.717, 1.165) is 6.42 Å². The number of nitrogens with two attached hydrogens (primary N) is 2. The highest BCUT2D eigenvalue weighted by Crippen LogP contribution is 2.17. The molecule has 0 amide bonds. The van der Waals surface area contributed by atoms with E-state index in [4.69, 9.17) is 18.0 Å². The number of aromatic nitrogens is 1. The molecule has 0 unspecified atom stereocenters. The Balaban J connectivity index is 0.000000225.